The van der Waals surface area contributed by atoms with Crippen LogP contribution in [0.4, 0.5) is 4.39 Å². The first-order chi connectivity index (χ1) is 7.25. The van der Waals surface area contributed by atoms with Crippen molar-refractivity contribution in [3.63, 3.8) is 0 Å². The summed E-state index contributed by atoms with van der Waals surface area (Å²) >= 11 is 3.25. The first-order valence-corrected chi connectivity index (χ1v) is 6.19. The van der Waals surface area contributed by atoms with Gasteiger partial charge in [-0.25, -0.2) is 4.39 Å². The summed E-state index contributed by atoms with van der Waals surface area (Å²) in [5.74, 6) is 0.801. The van der Waals surface area contributed by atoms with E-state index < -0.39 is 0 Å². The molecular weight excluding hydrogens is 257 g/mol. The fourth-order valence-electron chi connectivity index (χ4n) is 1.60. The molecule has 0 amide bonds. The lowest BCUT2D eigenvalue weighted by Gasteiger charge is -2.05. The summed E-state index contributed by atoms with van der Waals surface area (Å²) in [6, 6.07) is 5.21. The molecule has 1 N–H and O–H groups in total. The molecule has 1 aromatic carbocycles. The Morgan fingerprint density at radius 3 is 2.87 bits per heavy atom. The number of benzene rings is 1. The zero-order valence-corrected chi connectivity index (χ0v) is 10.2. The molecule has 0 atom stereocenters. The van der Waals surface area contributed by atoms with Crippen LogP contribution in [0.1, 0.15) is 24.8 Å². The number of halogens is 2. The van der Waals surface area contributed by atoms with Gasteiger partial charge in [-0.15, -0.1) is 0 Å². The van der Waals surface area contributed by atoms with Crippen LogP contribution in [0.25, 0.3) is 0 Å². The maximum Gasteiger partial charge on any atom is 0.128 e. The quantitative estimate of drug-likeness (QED) is 0.809. The molecule has 15 heavy (non-hydrogen) atoms. The fourth-order valence-corrected chi connectivity index (χ4v) is 1.93. The van der Waals surface area contributed by atoms with Crippen molar-refractivity contribution < 1.29 is 4.39 Å². The Bertz CT molecular complexity index is 336. The number of nitrogens with one attached hydrogen (secondary N) is 1. The Morgan fingerprint density at radius 1 is 1.40 bits per heavy atom. The standard InChI is InChI=1S/C12H15BrFN/c13-11-4-3-10(12(14)7-11)8-15-6-5-9-1-2-9/h3-4,7,9,15H,1-2,5-6,8H2. The van der Waals surface area contributed by atoms with Gasteiger partial charge in [-0.1, -0.05) is 34.8 Å². The molecule has 1 aliphatic carbocycles. The topological polar surface area (TPSA) is 12.0 Å². The second-order valence-electron chi connectivity index (χ2n) is 4.14. The number of hydrogen-bond acceptors (Lipinski definition) is 1. The van der Waals surface area contributed by atoms with Crippen LogP contribution in [-0.4, -0.2) is 6.54 Å². The van der Waals surface area contributed by atoms with E-state index in [0.29, 0.717) is 6.54 Å². The summed E-state index contributed by atoms with van der Waals surface area (Å²) in [6.07, 6.45) is 4.00. The van der Waals surface area contributed by atoms with E-state index in [9.17, 15) is 4.39 Å². The summed E-state index contributed by atoms with van der Waals surface area (Å²) < 4.78 is 14.2. The van der Waals surface area contributed by atoms with Crippen molar-refractivity contribution in [2.75, 3.05) is 6.54 Å². The van der Waals surface area contributed by atoms with Gasteiger partial charge in [0.15, 0.2) is 0 Å². The minimum absolute atomic E-state index is 0.136. The monoisotopic (exact) mass is 271 g/mol. The normalized spacial score (nSPS) is 15.6. The zero-order chi connectivity index (χ0) is 10.7. The van der Waals surface area contributed by atoms with Crippen molar-refractivity contribution in [1.29, 1.82) is 0 Å². The Labute approximate surface area is 98.2 Å². The van der Waals surface area contributed by atoms with Crippen molar-refractivity contribution >= 4 is 15.9 Å². The van der Waals surface area contributed by atoms with Gasteiger partial charge in [0, 0.05) is 16.6 Å². The third-order valence-electron chi connectivity index (χ3n) is 2.76. The average molecular weight is 272 g/mol. The fraction of sp³-hybridized carbons (Fsp3) is 0.500. The Balaban J connectivity index is 1.76. The van der Waals surface area contributed by atoms with E-state index in [-0.39, 0.29) is 5.82 Å². The average Bonchev–Trinajstić information content (AvgIpc) is 2.99. The minimum atomic E-state index is -0.136. The first-order valence-electron chi connectivity index (χ1n) is 5.40. The van der Waals surface area contributed by atoms with Crippen molar-refractivity contribution in [3.8, 4) is 0 Å². The minimum Gasteiger partial charge on any atom is -0.313 e. The summed E-state index contributed by atoms with van der Waals surface area (Å²) in [5.41, 5.74) is 0.744. The van der Waals surface area contributed by atoms with Gasteiger partial charge in [0.05, 0.1) is 0 Å². The Kier molecular flexibility index (Phi) is 3.76. The molecule has 1 nitrogen and oxygen atoms in total. The van der Waals surface area contributed by atoms with E-state index in [4.69, 9.17) is 0 Å². The van der Waals surface area contributed by atoms with Crippen LogP contribution in [0.3, 0.4) is 0 Å². The molecule has 0 aliphatic heterocycles. The molecule has 0 aromatic heterocycles. The van der Waals surface area contributed by atoms with Gasteiger partial charge < -0.3 is 5.32 Å². The second kappa shape index (κ2) is 5.08. The first kappa shape index (κ1) is 11.1. The van der Waals surface area contributed by atoms with Gasteiger partial charge in [0.2, 0.25) is 0 Å². The van der Waals surface area contributed by atoms with Crippen LogP contribution >= 0.6 is 15.9 Å². The lowest BCUT2D eigenvalue weighted by atomic mass is 10.2. The van der Waals surface area contributed by atoms with E-state index in [1.807, 2.05) is 12.1 Å². The molecule has 0 unspecified atom stereocenters. The molecule has 0 bridgehead atoms. The summed E-state index contributed by atoms with van der Waals surface area (Å²) in [5, 5.41) is 3.28. The summed E-state index contributed by atoms with van der Waals surface area (Å²) in [4.78, 5) is 0. The van der Waals surface area contributed by atoms with Gasteiger partial charge in [0.1, 0.15) is 5.82 Å². The molecule has 0 spiro atoms. The maximum absolute atomic E-state index is 13.4. The molecule has 1 aliphatic rings. The van der Waals surface area contributed by atoms with Gasteiger partial charge in [-0.2, -0.15) is 0 Å². The number of hydrogen-bond donors (Lipinski definition) is 1. The summed E-state index contributed by atoms with van der Waals surface area (Å²) in [7, 11) is 0. The Hall–Kier alpha value is -0.410. The highest BCUT2D eigenvalue weighted by Gasteiger charge is 2.19. The molecular formula is C12H15BrFN. The lowest BCUT2D eigenvalue weighted by Crippen LogP contribution is -2.16. The van der Waals surface area contributed by atoms with Crippen LogP contribution in [0.15, 0.2) is 22.7 Å². The van der Waals surface area contributed by atoms with Crippen LogP contribution in [0.5, 0.6) is 0 Å². The number of rotatable bonds is 5. The zero-order valence-electron chi connectivity index (χ0n) is 8.60. The third kappa shape index (κ3) is 3.58. The maximum atomic E-state index is 13.4. The molecule has 1 fully saturated rings. The van der Waals surface area contributed by atoms with E-state index >= 15 is 0 Å². The SMILES string of the molecule is Fc1cc(Br)ccc1CNCCC1CC1. The third-order valence-corrected chi connectivity index (χ3v) is 3.25. The largest absolute Gasteiger partial charge is 0.313 e. The highest BCUT2D eigenvalue weighted by atomic mass is 79.9. The predicted molar refractivity (Wildman–Crippen MR) is 63.1 cm³/mol. The van der Waals surface area contributed by atoms with Gasteiger partial charge in [0.25, 0.3) is 0 Å². The van der Waals surface area contributed by atoms with Crippen LogP contribution in [0, 0.1) is 11.7 Å². The second-order valence-corrected chi connectivity index (χ2v) is 5.06. The van der Waals surface area contributed by atoms with Crippen molar-refractivity contribution in [2.24, 2.45) is 5.92 Å². The molecule has 0 heterocycles. The molecule has 1 aromatic rings. The molecule has 3 heteroatoms. The van der Waals surface area contributed by atoms with Crippen LogP contribution < -0.4 is 5.32 Å². The van der Waals surface area contributed by atoms with E-state index in [2.05, 4.69) is 21.2 Å². The van der Waals surface area contributed by atoms with Crippen molar-refractivity contribution in [1.82, 2.24) is 5.32 Å². The van der Waals surface area contributed by atoms with Crippen molar-refractivity contribution in [2.45, 2.75) is 25.8 Å². The van der Waals surface area contributed by atoms with Gasteiger partial charge >= 0.3 is 0 Å². The predicted octanol–water partition coefficient (Wildman–Crippen LogP) is 3.48. The van der Waals surface area contributed by atoms with Gasteiger partial charge in [-0.3, -0.25) is 0 Å². The van der Waals surface area contributed by atoms with E-state index in [1.165, 1.54) is 25.3 Å². The highest BCUT2D eigenvalue weighted by molar-refractivity contribution is 9.10. The highest BCUT2D eigenvalue weighted by Crippen LogP contribution is 2.31. The lowest BCUT2D eigenvalue weighted by molar-refractivity contribution is 0.571. The molecule has 1 saturated carbocycles. The molecule has 82 valence electrons. The molecule has 2 rings (SSSR count). The molecule has 0 saturated heterocycles. The smallest absolute Gasteiger partial charge is 0.128 e. The van der Waals surface area contributed by atoms with Gasteiger partial charge in [-0.05, 0) is 31.0 Å². The van der Waals surface area contributed by atoms with E-state index in [0.717, 1.165) is 22.5 Å². The van der Waals surface area contributed by atoms with E-state index in [1.54, 1.807) is 0 Å². The Morgan fingerprint density at radius 2 is 2.20 bits per heavy atom. The molecule has 0 radical (unpaired) electrons. The van der Waals surface area contributed by atoms with Crippen LogP contribution in [-0.2, 0) is 6.54 Å². The van der Waals surface area contributed by atoms with Crippen molar-refractivity contribution in [3.05, 3.63) is 34.1 Å². The summed E-state index contributed by atoms with van der Waals surface area (Å²) in [6.45, 7) is 1.63. The van der Waals surface area contributed by atoms with Crippen LogP contribution in [0.2, 0.25) is 0 Å².